The van der Waals surface area contributed by atoms with Crippen molar-refractivity contribution in [2.75, 3.05) is 18.9 Å². The summed E-state index contributed by atoms with van der Waals surface area (Å²) in [4.78, 5) is 33.8. The van der Waals surface area contributed by atoms with Gasteiger partial charge in [0.15, 0.2) is 0 Å². The minimum atomic E-state index is -0.238. The third-order valence-electron chi connectivity index (χ3n) is 3.88. The second kappa shape index (κ2) is 8.77. The zero-order valence-electron chi connectivity index (χ0n) is 14.7. The molecule has 0 aliphatic rings. The van der Waals surface area contributed by atoms with E-state index < -0.39 is 0 Å². The predicted molar refractivity (Wildman–Crippen MR) is 96.0 cm³/mol. The van der Waals surface area contributed by atoms with Crippen LogP contribution in [0.1, 0.15) is 30.5 Å². The summed E-state index contributed by atoms with van der Waals surface area (Å²) in [6, 6.07) is 7.02. The Balaban J connectivity index is 1.75. The van der Waals surface area contributed by atoms with Crippen molar-refractivity contribution in [1.82, 2.24) is 20.2 Å². The maximum Gasteiger partial charge on any atom is 0.317 e. The van der Waals surface area contributed by atoms with Gasteiger partial charge in [0.25, 0.3) is 0 Å². The number of hydrogen-bond acceptors (Lipinski definition) is 4. The van der Waals surface area contributed by atoms with Crippen molar-refractivity contribution in [2.24, 2.45) is 0 Å². The fourth-order valence-electron chi connectivity index (χ4n) is 2.18. The molecule has 2 heterocycles. The number of rotatable bonds is 6. The Morgan fingerprint density at radius 2 is 2.04 bits per heavy atom. The number of carbonyl (C=O) groups is 2. The van der Waals surface area contributed by atoms with E-state index in [4.69, 9.17) is 0 Å². The van der Waals surface area contributed by atoms with Crippen LogP contribution in [0.3, 0.4) is 0 Å². The fourth-order valence-corrected chi connectivity index (χ4v) is 2.18. The summed E-state index contributed by atoms with van der Waals surface area (Å²) in [5, 5.41) is 5.44. The Kier molecular flexibility index (Phi) is 6.45. The van der Waals surface area contributed by atoms with Crippen molar-refractivity contribution in [3.05, 3.63) is 54.0 Å². The van der Waals surface area contributed by atoms with Crippen LogP contribution in [0.25, 0.3) is 0 Å². The number of carbonyl (C=O) groups excluding carboxylic acids is 2. The number of nitrogens with one attached hydrogen (secondary N) is 2. The molecule has 3 amide bonds. The van der Waals surface area contributed by atoms with E-state index in [0.717, 1.165) is 11.1 Å². The van der Waals surface area contributed by atoms with E-state index in [2.05, 4.69) is 20.6 Å². The zero-order chi connectivity index (χ0) is 18.2. The Morgan fingerprint density at radius 3 is 2.68 bits per heavy atom. The molecule has 132 valence electrons. The Bertz CT molecular complexity index is 703. The van der Waals surface area contributed by atoms with Gasteiger partial charge in [-0.05, 0) is 37.1 Å². The molecular formula is C18H23N5O2. The van der Waals surface area contributed by atoms with Gasteiger partial charge in [-0.3, -0.25) is 9.78 Å². The molecule has 0 aliphatic carbocycles. The summed E-state index contributed by atoms with van der Waals surface area (Å²) in [5.41, 5.74) is 1.97. The number of amides is 3. The fraction of sp³-hybridized carbons (Fsp3) is 0.333. The standard InChI is InChI=1S/C18H23N5O2/c1-13-6-7-16(21-11-13)22-17(24)8-10-20-18(25)23(3)14(2)15-5-4-9-19-12-15/h4-7,9,11-12,14H,8,10H2,1-3H3,(H,20,25)(H,21,22,24)/t14-/m1/s1. The molecule has 0 radical (unpaired) electrons. The van der Waals surface area contributed by atoms with Crippen LogP contribution in [0, 0.1) is 6.92 Å². The van der Waals surface area contributed by atoms with Gasteiger partial charge in [-0.2, -0.15) is 0 Å². The number of urea groups is 1. The quantitative estimate of drug-likeness (QED) is 0.845. The molecule has 0 fully saturated rings. The second-order valence-corrected chi connectivity index (χ2v) is 5.82. The molecule has 0 saturated carbocycles. The molecule has 25 heavy (non-hydrogen) atoms. The smallest absolute Gasteiger partial charge is 0.317 e. The molecule has 0 bridgehead atoms. The van der Waals surface area contributed by atoms with Gasteiger partial charge in [-0.15, -0.1) is 0 Å². The lowest BCUT2D eigenvalue weighted by molar-refractivity contribution is -0.116. The number of aryl methyl sites for hydroxylation is 1. The number of hydrogen-bond donors (Lipinski definition) is 2. The third-order valence-corrected chi connectivity index (χ3v) is 3.88. The lowest BCUT2D eigenvalue weighted by atomic mass is 10.1. The number of pyridine rings is 2. The zero-order valence-corrected chi connectivity index (χ0v) is 14.7. The first kappa shape index (κ1) is 18.4. The van der Waals surface area contributed by atoms with Gasteiger partial charge in [0.05, 0.1) is 6.04 Å². The lowest BCUT2D eigenvalue weighted by Crippen LogP contribution is -2.39. The van der Waals surface area contributed by atoms with E-state index >= 15 is 0 Å². The third kappa shape index (κ3) is 5.56. The first-order valence-electron chi connectivity index (χ1n) is 8.10. The average Bonchev–Trinajstić information content (AvgIpc) is 2.63. The van der Waals surface area contributed by atoms with Gasteiger partial charge in [-0.25, -0.2) is 9.78 Å². The van der Waals surface area contributed by atoms with Crippen LogP contribution < -0.4 is 10.6 Å². The summed E-state index contributed by atoms with van der Waals surface area (Å²) in [6.45, 7) is 4.10. The minimum absolute atomic E-state index is 0.112. The van der Waals surface area contributed by atoms with Crippen molar-refractivity contribution in [3.8, 4) is 0 Å². The molecule has 7 nitrogen and oxygen atoms in total. The second-order valence-electron chi connectivity index (χ2n) is 5.82. The molecule has 2 aromatic heterocycles. The first-order chi connectivity index (χ1) is 12.0. The molecule has 0 aliphatic heterocycles. The molecule has 1 atom stereocenters. The normalized spacial score (nSPS) is 11.5. The van der Waals surface area contributed by atoms with Gasteiger partial charge in [0.1, 0.15) is 5.82 Å². The molecule has 0 saturated heterocycles. The Labute approximate surface area is 147 Å². The molecule has 7 heteroatoms. The van der Waals surface area contributed by atoms with E-state index in [1.165, 1.54) is 0 Å². The molecule has 2 N–H and O–H groups in total. The monoisotopic (exact) mass is 341 g/mol. The molecule has 2 aromatic rings. The van der Waals surface area contributed by atoms with E-state index in [-0.39, 0.29) is 30.9 Å². The number of anilines is 1. The molecule has 0 unspecified atom stereocenters. The maximum absolute atomic E-state index is 12.2. The van der Waals surface area contributed by atoms with Crippen molar-refractivity contribution < 1.29 is 9.59 Å². The van der Waals surface area contributed by atoms with Gasteiger partial charge in [0.2, 0.25) is 5.91 Å². The minimum Gasteiger partial charge on any atom is -0.337 e. The highest BCUT2D eigenvalue weighted by Gasteiger charge is 2.17. The average molecular weight is 341 g/mol. The highest BCUT2D eigenvalue weighted by molar-refractivity contribution is 5.90. The van der Waals surface area contributed by atoms with Gasteiger partial charge in [0, 0.05) is 38.6 Å². The Morgan fingerprint density at radius 1 is 1.24 bits per heavy atom. The summed E-state index contributed by atoms with van der Waals surface area (Å²) in [5.74, 6) is 0.309. The van der Waals surface area contributed by atoms with Crippen LogP contribution in [0.15, 0.2) is 42.9 Å². The SMILES string of the molecule is Cc1ccc(NC(=O)CCNC(=O)N(C)[C@H](C)c2cccnc2)nc1. The summed E-state index contributed by atoms with van der Waals surface area (Å²) in [6.07, 6.45) is 5.29. The highest BCUT2D eigenvalue weighted by Crippen LogP contribution is 2.17. The van der Waals surface area contributed by atoms with Crippen LogP contribution in [-0.2, 0) is 4.79 Å². The van der Waals surface area contributed by atoms with Gasteiger partial charge >= 0.3 is 6.03 Å². The van der Waals surface area contributed by atoms with E-state index in [1.807, 2.05) is 32.0 Å². The molecule has 0 aromatic carbocycles. The van der Waals surface area contributed by atoms with Crippen LogP contribution in [0.4, 0.5) is 10.6 Å². The van der Waals surface area contributed by atoms with Gasteiger partial charge in [-0.1, -0.05) is 12.1 Å². The van der Waals surface area contributed by atoms with Crippen LogP contribution in [0.2, 0.25) is 0 Å². The lowest BCUT2D eigenvalue weighted by Gasteiger charge is -2.25. The maximum atomic E-state index is 12.2. The van der Waals surface area contributed by atoms with Crippen molar-refractivity contribution in [2.45, 2.75) is 26.3 Å². The Hall–Kier alpha value is -2.96. The van der Waals surface area contributed by atoms with Gasteiger partial charge < -0.3 is 15.5 Å². The first-order valence-corrected chi connectivity index (χ1v) is 8.10. The van der Waals surface area contributed by atoms with Crippen LogP contribution in [-0.4, -0.2) is 40.4 Å². The highest BCUT2D eigenvalue weighted by atomic mass is 16.2. The predicted octanol–water partition coefficient (Wildman–Crippen LogP) is 2.52. The van der Waals surface area contributed by atoms with E-state index in [9.17, 15) is 9.59 Å². The van der Waals surface area contributed by atoms with E-state index in [0.29, 0.717) is 5.82 Å². The molecule has 2 rings (SSSR count). The van der Waals surface area contributed by atoms with E-state index in [1.54, 1.807) is 36.6 Å². The summed E-state index contributed by atoms with van der Waals surface area (Å²) < 4.78 is 0. The molecule has 0 spiro atoms. The van der Waals surface area contributed by atoms with Crippen molar-refractivity contribution in [3.63, 3.8) is 0 Å². The number of nitrogens with zero attached hydrogens (tertiary/aromatic N) is 3. The number of aromatic nitrogens is 2. The van der Waals surface area contributed by atoms with Crippen LogP contribution >= 0.6 is 0 Å². The van der Waals surface area contributed by atoms with Crippen molar-refractivity contribution >= 4 is 17.8 Å². The summed E-state index contributed by atoms with van der Waals surface area (Å²) in [7, 11) is 1.71. The van der Waals surface area contributed by atoms with Crippen molar-refractivity contribution in [1.29, 1.82) is 0 Å². The molecular weight excluding hydrogens is 318 g/mol. The summed E-state index contributed by atoms with van der Waals surface area (Å²) >= 11 is 0. The largest absolute Gasteiger partial charge is 0.337 e. The van der Waals surface area contributed by atoms with Crippen LogP contribution in [0.5, 0.6) is 0 Å². The topological polar surface area (TPSA) is 87.2 Å².